The predicted octanol–water partition coefficient (Wildman–Crippen LogP) is 10.4. The standard InChI is InChI=1S/C48H52N8O4/c1-5-9-25-57-37-35-36(38(58-26-10-6-2)40(60-28-12-8-4)39(37)59-27-11-7-3)48-55-46-34-24-18-16-22-32(34)44(53-46)51-42-30-20-14-13-19-29(30)41(49-42)50-43-31-21-15-17-23-33(31)45(52-43)54-47(35)56-48/h13-24H,5-12,25-28H2,1-4H3,(H4,49,50,51,52,53,54,55,56). The van der Waals surface area contributed by atoms with E-state index in [4.69, 9.17) is 38.9 Å². The summed E-state index contributed by atoms with van der Waals surface area (Å²) in [5, 5.41) is 6.99. The van der Waals surface area contributed by atoms with Crippen LogP contribution in [0.5, 0.6) is 23.0 Å². The van der Waals surface area contributed by atoms with Crippen LogP contribution in [0.2, 0.25) is 0 Å². The number of nitrogens with one attached hydrogen (secondary N) is 4. The van der Waals surface area contributed by atoms with E-state index >= 15 is 0 Å². The lowest BCUT2D eigenvalue weighted by Crippen LogP contribution is -2.11. The summed E-state index contributed by atoms with van der Waals surface area (Å²) < 4.78 is 27.2. The van der Waals surface area contributed by atoms with Gasteiger partial charge in [-0.3, -0.25) is 0 Å². The number of hydrogen-bond acceptors (Lipinski definition) is 8. The minimum atomic E-state index is 0.476. The quantitative estimate of drug-likeness (QED) is 0.0719. The molecule has 4 aromatic carbocycles. The Morgan fingerprint density at radius 3 is 0.967 bits per heavy atom. The van der Waals surface area contributed by atoms with Gasteiger partial charge in [-0.1, -0.05) is 126 Å². The second kappa shape index (κ2) is 17.3. The number of benzene rings is 4. The first-order valence-corrected chi connectivity index (χ1v) is 21.6. The lowest BCUT2D eigenvalue weighted by molar-refractivity contribution is 0.225. The molecule has 12 heteroatoms. The van der Waals surface area contributed by atoms with Crippen LogP contribution >= 0.6 is 0 Å². The van der Waals surface area contributed by atoms with Crippen molar-refractivity contribution in [2.45, 2.75) is 79.1 Å². The van der Waals surface area contributed by atoms with Crippen molar-refractivity contribution < 1.29 is 18.9 Å². The first kappa shape index (κ1) is 38.9. The van der Waals surface area contributed by atoms with Gasteiger partial charge in [0.25, 0.3) is 0 Å². The van der Waals surface area contributed by atoms with Gasteiger partial charge in [0, 0.05) is 32.3 Å². The Bertz CT molecular complexity index is 2880. The molecule has 8 bridgehead atoms. The first-order valence-electron chi connectivity index (χ1n) is 21.6. The average Bonchev–Trinajstić information content (AvgIpc) is 4.01. The first-order chi connectivity index (χ1) is 29.6. The molecule has 0 unspecified atom stereocenters. The molecular formula is C48H52N8O4. The van der Waals surface area contributed by atoms with Gasteiger partial charge in [0.1, 0.15) is 45.2 Å². The van der Waals surface area contributed by atoms with E-state index in [-0.39, 0.29) is 0 Å². The molecule has 1 aliphatic heterocycles. The van der Waals surface area contributed by atoms with Crippen LogP contribution < -0.4 is 40.9 Å². The normalized spacial score (nSPS) is 12.3. The van der Waals surface area contributed by atoms with Gasteiger partial charge >= 0.3 is 0 Å². The Labute approximate surface area is 347 Å². The van der Waals surface area contributed by atoms with Crippen molar-refractivity contribution in [2.24, 2.45) is 20.0 Å². The summed E-state index contributed by atoms with van der Waals surface area (Å²) in [6.07, 6.45) is 7.30. The summed E-state index contributed by atoms with van der Waals surface area (Å²) in [7, 11) is 0. The molecule has 4 aromatic heterocycles. The van der Waals surface area contributed by atoms with Crippen LogP contribution in [0.15, 0.2) is 92.8 Å². The van der Waals surface area contributed by atoms with Crippen LogP contribution in [-0.2, 0) is 0 Å². The summed E-state index contributed by atoms with van der Waals surface area (Å²) in [5.74, 6) is 4.74. The van der Waals surface area contributed by atoms with Gasteiger partial charge in [-0.15, -0.1) is 0 Å². The second-order valence-corrected chi connectivity index (χ2v) is 15.2. The smallest absolute Gasteiger partial charge is 0.208 e. The predicted molar refractivity (Wildman–Crippen MR) is 238 cm³/mol. The molecule has 0 aliphatic carbocycles. The SMILES string of the molecule is CCCCOc1c(OCCCC)c(OCCCC)c2c3[nH]c(c2c1OCCCC)=Nc1[nH]c(c2ccccc12)N=c1[nH]c(c2ccccc12)=Nc1[nH]c(c2ccccc12)N=3. The van der Waals surface area contributed by atoms with Crippen molar-refractivity contribution in [3.63, 3.8) is 0 Å². The van der Waals surface area contributed by atoms with E-state index in [1.54, 1.807) is 0 Å². The number of aromatic nitrogens is 4. The Morgan fingerprint density at radius 1 is 0.350 bits per heavy atom. The van der Waals surface area contributed by atoms with Crippen LogP contribution in [0.4, 0.5) is 23.3 Å². The minimum Gasteiger partial charge on any atom is -0.489 e. The molecule has 1 aliphatic rings. The van der Waals surface area contributed by atoms with Crippen LogP contribution in [0.25, 0.3) is 43.1 Å². The van der Waals surface area contributed by atoms with Crippen molar-refractivity contribution in [1.29, 1.82) is 0 Å². The summed E-state index contributed by atoms with van der Waals surface area (Å²) in [4.78, 5) is 35.7. The van der Waals surface area contributed by atoms with E-state index in [1.807, 2.05) is 36.4 Å². The third-order valence-electron chi connectivity index (χ3n) is 10.9. The van der Waals surface area contributed by atoms with Gasteiger partial charge in [0.2, 0.25) is 11.5 Å². The number of unbranched alkanes of at least 4 members (excludes halogenated alkanes) is 4. The third-order valence-corrected chi connectivity index (χ3v) is 10.9. The summed E-state index contributed by atoms with van der Waals surface area (Å²) in [6.45, 7) is 10.5. The number of fused-ring (bicyclic) bond motifs is 20. The zero-order chi connectivity index (χ0) is 41.0. The van der Waals surface area contributed by atoms with Gasteiger partial charge in [-0.25, -0.2) is 20.0 Å². The van der Waals surface area contributed by atoms with Crippen LogP contribution in [0, 0.1) is 0 Å². The fourth-order valence-electron chi connectivity index (χ4n) is 7.73. The summed E-state index contributed by atoms with van der Waals surface area (Å²) in [5.41, 5.74) is 2.45. The highest BCUT2D eigenvalue weighted by molar-refractivity contribution is 6.02. The van der Waals surface area contributed by atoms with Gasteiger partial charge < -0.3 is 38.9 Å². The molecule has 0 amide bonds. The molecule has 8 aromatic rings. The van der Waals surface area contributed by atoms with E-state index < -0.39 is 0 Å². The fourth-order valence-corrected chi connectivity index (χ4v) is 7.73. The highest BCUT2D eigenvalue weighted by Crippen LogP contribution is 2.50. The van der Waals surface area contributed by atoms with Crippen molar-refractivity contribution in [3.05, 3.63) is 94.7 Å². The van der Waals surface area contributed by atoms with E-state index in [0.717, 1.165) is 83.7 Å². The van der Waals surface area contributed by atoms with Gasteiger partial charge in [-0.05, 0) is 25.7 Å². The average molecular weight is 805 g/mol. The highest BCUT2D eigenvalue weighted by Gasteiger charge is 2.29. The number of rotatable bonds is 16. The van der Waals surface area contributed by atoms with Crippen molar-refractivity contribution >= 4 is 66.4 Å². The maximum atomic E-state index is 6.84. The molecule has 4 N–H and O–H groups in total. The van der Waals surface area contributed by atoms with E-state index in [1.165, 1.54) is 0 Å². The Balaban J connectivity index is 1.46. The molecule has 12 nitrogen and oxygen atoms in total. The lowest BCUT2D eigenvalue weighted by Gasteiger charge is -2.21. The van der Waals surface area contributed by atoms with E-state index in [2.05, 4.69) is 84.0 Å². The molecule has 0 spiro atoms. The number of nitrogens with zero attached hydrogens (tertiary/aromatic N) is 4. The van der Waals surface area contributed by atoms with Crippen molar-refractivity contribution in [3.8, 4) is 23.0 Å². The molecule has 60 heavy (non-hydrogen) atoms. The van der Waals surface area contributed by atoms with E-state index in [9.17, 15) is 0 Å². The molecule has 0 radical (unpaired) electrons. The zero-order valence-corrected chi connectivity index (χ0v) is 34.8. The van der Waals surface area contributed by atoms with Gasteiger partial charge in [0.15, 0.2) is 11.5 Å². The Morgan fingerprint density at radius 2 is 0.633 bits per heavy atom. The van der Waals surface area contributed by atoms with Crippen LogP contribution in [0.1, 0.15) is 79.1 Å². The second-order valence-electron chi connectivity index (χ2n) is 15.2. The largest absolute Gasteiger partial charge is 0.489 e. The number of H-pyrrole nitrogens is 4. The zero-order valence-electron chi connectivity index (χ0n) is 34.8. The van der Waals surface area contributed by atoms with Crippen molar-refractivity contribution in [1.82, 2.24) is 19.9 Å². The molecule has 308 valence electrons. The summed E-state index contributed by atoms with van der Waals surface area (Å²) in [6, 6.07) is 24.5. The molecule has 0 fully saturated rings. The Hall–Kier alpha value is -6.56. The number of ether oxygens (including phenoxy) is 4. The minimum absolute atomic E-state index is 0.476. The van der Waals surface area contributed by atoms with Crippen LogP contribution in [0.3, 0.4) is 0 Å². The molecule has 0 atom stereocenters. The fraction of sp³-hybridized carbons (Fsp3) is 0.333. The summed E-state index contributed by atoms with van der Waals surface area (Å²) >= 11 is 0. The molecule has 9 rings (SSSR count). The number of hydrogen-bond donors (Lipinski definition) is 4. The topological polar surface area (TPSA) is 150 Å². The van der Waals surface area contributed by atoms with Gasteiger partial charge in [-0.2, -0.15) is 0 Å². The van der Waals surface area contributed by atoms with Gasteiger partial charge in [0.05, 0.1) is 37.2 Å². The third kappa shape index (κ3) is 7.24. The molecular weight excluding hydrogens is 753 g/mol. The van der Waals surface area contributed by atoms with Crippen LogP contribution in [-0.4, -0.2) is 46.4 Å². The van der Waals surface area contributed by atoms with Crippen molar-refractivity contribution in [2.75, 3.05) is 26.4 Å². The monoisotopic (exact) mass is 804 g/mol. The Kier molecular flexibility index (Phi) is 11.3. The highest BCUT2D eigenvalue weighted by atomic mass is 16.6. The van der Waals surface area contributed by atoms with E-state index in [0.29, 0.717) is 105 Å². The number of aromatic amines is 4. The molecule has 0 saturated carbocycles. The lowest BCUT2D eigenvalue weighted by atomic mass is 10.1. The molecule has 5 heterocycles. The maximum absolute atomic E-state index is 6.84. The molecule has 0 saturated heterocycles. The maximum Gasteiger partial charge on any atom is 0.208 e.